The first kappa shape index (κ1) is 21.0. The van der Waals surface area contributed by atoms with E-state index in [0.29, 0.717) is 29.2 Å². The Morgan fingerprint density at radius 2 is 1.81 bits per heavy atom. The highest BCUT2D eigenvalue weighted by molar-refractivity contribution is 5.86. The fourth-order valence-electron chi connectivity index (χ4n) is 3.54. The molecular formula is C24H26F2N4O. The van der Waals surface area contributed by atoms with Crippen LogP contribution in [0.3, 0.4) is 0 Å². The molecule has 0 unspecified atom stereocenters. The lowest BCUT2D eigenvalue weighted by Gasteiger charge is -2.12. The number of aromatic nitrogens is 3. The van der Waals surface area contributed by atoms with Crippen LogP contribution in [0.2, 0.25) is 0 Å². The van der Waals surface area contributed by atoms with Gasteiger partial charge in [0, 0.05) is 29.2 Å². The van der Waals surface area contributed by atoms with E-state index in [1.54, 1.807) is 0 Å². The summed E-state index contributed by atoms with van der Waals surface area (Å²) in [4.78, 5) is 9.04. The predicted molar refractivity (Wildman–Crippen MR) is 119 cm³/mol. The third kappa shape index (κ3) is 3.92. The average molecular weight is 424 g/mol. The van der Waals surface area contributed by atoms with Gasteiger partial charge in [-0.05, 0) is 36.2 Å². The van der Waals surface area contributed by atoms with Crippen LogP contribution in [0.4, 0.5) is 14.7 Å². The lowest BCUT2D eigenvalue weighted by molar-refractivity contribution is 0.399. The van der Waals surface area contributed by atoms with Crippen LogP contribution in [0, 0.1) is 17.6 Å². The molecule has 5 nitrogen and oxygen atoms in total. The summed E-state index contributed by atoms with van der Waals surface area (Å²) in [5, 5.41) is 0. The smallest absolute Gasteiger partial charge is 0.201 e. The number of benzene rings is 2. The first-order valence-corrected chi connectivity index (χ1v) is 10.3. The van der Waals surface area contributed by atoms with Crippen molar-refractivity contribution in [2.45, 2.75) is 46.6 Å². The maximum absolute atomic E-state index is 14.6. The van der Waals surface area contributed by atoms with Gasteiger partial charge in [0.1, 0.15) is 17.3 Å². The number of nitrogens with two attached hydrogens (primary N) is 1. The zero-order valence-electron chi connectivity index (χ0n) is 18.3. The van der Waals surface area contributed by atoms with Gasteiger partial charge in [0.15, 0.2) is 5.76 Å². The Morgan fingerprint density at radius 3 is 2.45 bits per heavy atom. The van der Waals surface area contributed by atoms with E-state index in [-0.39, 0.29) is 5.56 Å². The van der Waals surface area contributed by atoms with Crippen molar-refractivity contribution < 1.29 is 13.2 Å². The molecule has 0 aliphatic heterocycles. The van der Waals surface area contributed by atoms with Crippen molar-refractivity contribution in [2.75, 3.05) is 5.73 Å². The van der Waals surface area contributed by atoms with E-state index in [4.69, 9.17) is 10.2 Å². The molecule has 2 heterocycles. The number of rotatable bonds is 4. The van der Waals surface area contributed by atoms with Crippen molar-refractivity contribution in [1.82, 2.24) is 14.5 Å². The van der Waals surface area contributed by atoms with E-state index in [9.17, 15) is 8.78 Å². The van der Waals surface area contributed by atoms with Crippen LogP contribution < -0.4 is 5.73 Å². The monoisotopic (exact) mass is 424 g/mol. The summed E-state index contributed by atoms with van der Waals surface area (Å²) in [6.45, 7) is 10.8. The second-order valence-corrected chi connectivity index (χ2v) is 9.25. The van der Waals surface area contributed by atoms with Crippen LogP contribution in [-0.2, 0) is 12.0 Å². The van der Waals surface area contributed by atoms with E-state index in [1.807, 2.05) is 43.5 Å². The van der Waals surface area contributed by atoms with E-state index in [1.165, 1.54) is 12.1 Å². The van der Waals surface area contributed by atoms with Crippen LogP contribution in [0.1, 0.15) is 40.5 Å². The summed E-state index contributed by atoms with van der Waals surface area (Å²) >= 11 is 0. The van der Waals surface area contributed by atoms with Crippen molar-refractivity contribution in [1.29, 1.82) is 0 Å². The number of anilines is 1. The molecule has 4 aromatic rings. The van der Waals surface area contributed by atoms with Gasteiger partial charge in [0.25, 0.3) is 0 Å². The van der Waals surface area contributed by atoms with Crippen LogP contribution in [0.15, 0.2) is 40.8 Å². The van der Waals surface area contributed by atoms with Crippen molar-refractivity contribution in [2.24, 2.45) is 5.92 Å². The molecule has 4 rings (SSSR count). The summed E-state index contributed by atoms with van der Waals surface area (Å²) in [5.74, 6) is 0.385. The molecule has 2 aromatic carbocycles. The normalized spacial score (nSPS) is 12.3. The number of nitrogens with zero attached hydrogens (tertiary/aromatic N) is 3. The summed E-state index contributed by atoms with van der Waals surface area (Å²) in [5.41, 5.74) is 8.63. The van der Waals surface area contributed by atoms with Crippen molar-refractivity contribution in [3.8, 4) is 22.6 Å². The SMILES string of the molecule is CC(C)Cn1c(N)nc2ccc(-c3oc(C(C)(C)C)nc3-c3ccc(F)cc3F)cc21. The molecular weight excluding hydrogens is 398 g/mol. The summed E-state index contributed by atoms with van der Waals surface area (Å²) in [6.07, 6.45) is 0. The van der Waals surface area contributed by atoms with E-state index < -0.39 is 17.0 Å². The molecule has 0 aliphatic rings. The third-order valence-electron chi connectivity index (χ3n) is 5.04. The summed E-state index contributed by atoms with van der Waals surface area (Å²) in [6, 6.07) is 9.10. The first-order valence-electron chi connectivity index (χ1n) is 10.3. The average Bonchev–Trinajstić information content (AvgIpc) is 3.23. The highest BCUT2D eigenvalue weighted by Crippen LogP contribution is 2.38. The molecule has 0 atom stereocenters. The van der Waals surface area contributed by atoms with Crippen molar-refractivity contribution in [3.05, 3.63) is 53.9 Å². The molecule has 0 aliphatic carbocycles. The molecule has 0 radical (unpaired) electrons. The molecule has 0 bridgehead atoms. The Bertz CT molecular complexity index is 1260. The van der Waals surface area contributed by atoms with Gasteiger partial charge in [-0.3, -0.25) is 0 Å². The van der Waals surface area contributed by atoms with Crippen LogP contribution >= 0.6 is 0 Å². The van der Waals surface area contributed by atoms with Crippen LogP contribution in [0.25, 0.3) is 33.6 Å². The molecule has 0 saturated heterocycles. The molecule has 0 amide bonds. The molecule has 0 spiro atoms. The maximum atomic E-state index is 14.6. The molecule has 0 fully saturated rings. The lowest BCUT2D eigenvalue weighted by atomic mass is 9.97. The Kier molecular flexibility index (Phi) is 5.07. The summed E-state index contributed by atoms with van der Waals surface area (Å²) < 4.78 is 36.3. The molecule has 2 aromatic heterocycles. The molecule has 0 saturated carbocycles. The maximum Gasteiger partial charge on any atom is 0.201 e. The third-order valence-corrected chi connectivity index (χ3v) is 5.04. The Hall–Kier alpha value is -3.22. The van der Waals surface area contributed by atoms with E-state index >= 15 is 0 Å². The predicted octanol–water partition coefficient (Wildman–Crippen LogP) is 6.17. The number of hydrogen-bond donors (Lipinski definition) is 1. The Balaban J connectivity index is 1.94. The van der Waals surface area contributed by atoms with Gasteiger partial charge >= 0.3 is 0 Å². The van der Waals surface area contributed by atoms with Crippen molar-refractivity contribution >= 4 is 17.0 Å². The Labute approximate surface area is 179 Å². The quantitative estimate of drug-likeness (QED) is 0.425. The fourth-order valence-corrected chi connectivity index (χ4v) is 3.54. The van der Waals surface area contributed by atoms with Gasteiger partial charge in [0.05, 0.1) is 11.0 Å². The zero-order chi connectivity index (χ0) is 22.5. The van der Waals surface area contributed by atoms with Gasteiger partial charge in [-0.25, -0.2) is 18.7 Å². The zero-order valence-corrected chi connectivity index (χ0v) is 18.3. The van der Waals surface area contributed by atoms with Gasteiger partial charge < -0.3 is 14.7 Å². The Morgan fingerprint density at radius 1 is 1.06 bits per heavy atom. The number of hydrogen-bond acceptors (Lipinski definition) is 4. The lowest BCUT2D eigenvalue weighted by Crippen LogP contribution is -2.11. The van der Waals surface area contributed by atoms with Crippen molar-refractivity contribution in [3.63, 3.8) is 0 Å². The minimum atomic E-state index is -0.690. The van der Waals surface area contributed by atoms with Gasteiger partial charge in [-0.1, -0.05) is 34.6 Å². The second kappa shape index (κ2) is 7.48. The molecule has 2 N–H and O–H groups in total. The molecule has 162 valence electrons. The largest absolute Gasteiger partial charge is 0.439 e. The van der Waals surface area contributed by atoms with Gasteiger partial charge in [-0.15, -0.1) is 0 Å². The van der Waals surface area contributed by atoms with Gasteiger partial charge in [0.2, 0.25) is 11.8 Å². The topological polar surface area (TPSA) is 69.9 Å². The van der Waals surface area contributed by atoms with Crippen LogP contribution in [0.5, 0.6) is 0 Å². The number of fused-ring (bicyclic) bond motifs is 1. The summed E-state index contributed by atoms with van der Waals surface area (Å²) in [7, 11) is 0. The second-order valence-electron chi connectivity index (χ2n) is 9.25. The fraction of sp³-hybridized carbons (Fsp3) is 0.333. The number of oxazole rings is 1. The number of imidazole rings is 1. The minimum absolute atomic E-state index is 0.186. The number of halogens is 2. The highest BCUT2D eigenvalue weighted by atomic mass is 19.1. The number of nitrogen functional groups attached to an aromatic ring is 1. The van der Waals surface area contributed by atoms with Gasteiger partial charge in [-0.2, -0.15) is 0 Å². The highest BCUT2D eigenvalue weighted by Gasteiger charge is 2.27. The standard InChI is InChI=1S/C24H26F2N4O/c1-13(2)12-30-19-10-14(6-9-18(19)28-23(30)27)21-20(29-22(31-21)24(3,4)5)16-8-7-15(25)11-17(16)26/h6-11,13H,12H2,1-5H3,(H2,27,28). The van der Waals surface area contributed by atoms with E-state index in [2.05, 4.69) is 23.8 Å². The minimum Gasteiger partial charge on any atom is -0.439 e. The molecule has 7 heteroatoms. The van der Waals surface area contributed by atoms with Crippen LogP contribution in [-0.4, -0.2) is 14.5 Å². The molecule has 31 heavy (non-hydrogen) atoms. The van der Waals surface area contributed by atoms with E-state index in [0.717, 1.165) is 29.2 Å². The first-order chi connectivity index (χ1) is 14.5.